The lowest BCUT2D eigenvalue weighted by molar-refractivity contribution is -0.134. The van der Waals surface area contributed by atoms with Gasteiger partial charge in [0.15, 0.2) is 5.82 Å². The van der Waals surface area contributed by atoms with Crippen molar-refractivity contribution in [1.82, 2.24) is 15.0 Å². The average Bonchev–Trinajstić information content (AvgIpc) is 2.84. The second-order valence-corrected chi connectivity index (χ2v) is 5.06. The first kappa shape index (κ1) is 14.5. The number of nitrogens with zero attached hydrogens (tertiary/aromatic N) is 3. The molecule has 110 valence electrons. The number of carbonyl (C=O) groups is 2. The number of amides is 2. The van der Waals surface area contributed by atoms with E-state index in [9.17, 15) is 9.59 Å². The van der Waals surface area contributed by atoms with Crippen LogP contribution < -0.4 is 5.32 Å². The molecule has 2 rings (SSSR count). The summed E-state index contributed by atoms with van der Waals surface area (Å²) >= 11 is 0. The van der Waals surface area contributed by atoms with Gasteiger partial charge in [-0.1, -0.05) is 12.1 Å². The molecule has 1 aliphatic heterocycles. The van der Waals surface area contributed by atoms with E-state index in [0.29, 0.717) is 18.8 Å². The lowest BCUT2D eigenvalue weighted by Crippen LogP contribution is -2.43. The van der Waals surface area contributed by atoms with E-state index >= 15 is 0 Å². The van der Waals surface area contributed by atoms with Gasteiger partial charge in [-0.25, -0.2) is 0 Å². The molecular formula is C13H20N4O3. The minimum absolute atomic E-state index is 0.115. The molecule has 20 heavy (non-hydrogen) atoms. The topological polar surface area (TPSA) is 88.3 Å². The van der Waals surface area contributed by atoms with Crippen molar-refractivity contribution in [3.05, 3.63) is 5.82 Å². The number of likely N-dealkylation sites (tertiary alicyclic amines) is 1. The van der Waals surface area contributed by atoms with Crippen LogP contribution in [0.15, 0.2) is 4.52 Å². The number of rotatable bonds is 4. The van der Waals surface area contributed by atoms with Gasteiger partial charge in [0.25, 0.3) is 0 Å². The van der Waals surface area contributed by atoms with Gasteiger partial charge in [-0.05, 0) is 26.2 Å². The highest BCUT2D eigenvalue weighted by atomic mass is 16.5. The average molecular weight is 280 g/mol. The third kappa shape index (κ3) is 3.55. The number of piperidine rings is 1. The Kier molecular flexibility index (Phi) is 4.70. The SMILES string of the molecule is CCCC(=O)N1CCC[C@H](C(=O)Nc2nc(C)no2)C1. The van der Waals surface area contributed by atoms with Crippen LogP contribution in [-0.2, 0) is 9.59 Å². The number of hydrogen-bond acceptors (Lipinski definition) is 5. The van der Waals surface area contributed by atoms with Crippen LogP contribution in [0, 0.1) is 12.8 Å². The van der Waals surface area contributed by atoms with E-state index in [1.807, 2.05) is 6.92 Å². The van der Waals surface area contributed by atoms with Crippen molar-refractivity contribution >= 4 is 17.8 Å². The van der Waals surface area contributed by atoms with Crippen molar-refractivity contribution in [3.8, 4) is 0 Å². The number of nitrogens with one attached hydrogen (secondary N) is 1. The number of anilines is 1. The highest BCUT2D eigenvalue weighted by Crippen LogP contribution is 2.19. The van der Waals surface area contributed by atoms with Crippen LogP contribution in [-0.4, -0.2) is 39.9 Å². The molecule has 7 nitrogen and oxygen atoms in total. The summed E-state index contributed by atoms with van der Waals surface area (Å²) in [6.07, 6.45) is 2.98. The van der Waals surface area contributed by atoms with E-state index in [1.165, 1.54) is 0 Å². The van der Waals surface area contributed by atoms with Crippen LogP contribution >= 0.6 is 0 Å². The van der Waals surface area contributed by atoms with Crippen LogP contribution in [0.3, 0.4) is 0 Å². The van der Waals surface area contributed by atoms with E-state index in [4.69, 9.17) is 4.52 Å². The summed E-state index contributed by atoms with van der Waals surface area (Å²) in [7, 11) is 0. The summed E-state index contributed by atoms with van der Waals surface area (Å²) in [5.41, 5.74) is 0. The Bertz CT molecular complexity index is 486. The standard InChI is InChI=1S/C13H20N4O3/c1-3-5-11(18)17-7-4-6-10(8-17)12(19)15-13-14-9(2)16-20-13/h10H,3-8H2,1-2H3,(H,14,15,16,19)/t10-/m0/s1. The summed E-state index contributed by atoms with van der Waals surface area (Å²) in [5.74, 6) is 0.224. The van der Waals surface area contributed by atoms with Gasteiger partial charge in [0.1, 0.15) is 0 Å². The highest BCUT2D eigenvalue weighted by molar-refractivity contribution is 5.91. The highest BCUT2D eigenvalue weighted by Gasteiger charge is 2.28. The molecule has 0 aliphatic carbocycles. The molecule has 1 N–H and O–H groups in total. The first-order valence-corrected chi connectivity index (χ1v) is 6.99. The van der Waals surface area contributed by atoms with Gasteiger partial charge in [-0.15, -0.1) is 0 Å². The van der Waals surface area contributed by atoms with Crippen molar-refractivity contribution in [1.29, 1.82) is 0 Å². The Balaban J connectivity index is 1.91. The first-order valence-electron chi connectivity index (χ1n) is 6.99. The third-order valence-electron chi connectivity index (χ3n) is 3.37. The van der Waals surface area contributed by atoms with Crippen LogP contribution in [0.1, 0.15) is 38.4 Å². The van der Waals surface area contributed by atoms with Gasteiger partial charge < -0.3 is 9.42 Å². The van der Waals surface area contributed by atoms with E-state index in [-0.39, 0.29) is 23.7 Å². The number of hydrogen-bond donors (Lipinski definition) is 1. The minimum atomic E-state index is -0.211. The molecule has 7 heteroatoms. The second kappa shape index (κ2) is 6.49. The van der Waals surface area contributed by atoms with Gasteiger partial charge >= 0.3 is 6.01 Å². The van der Waals surface area contributed by atoms with Gasteiger partial charge in [0.2, 0.25) is 11.8 Å². The predicted octanol–water partition coefficient (Wildman–Crippen LogP) is 1.36. The molecule has 0 aromatic carbocycles. The summed E-state index contributed by atoms with van der Waals surface area (Å²) < 4.78 is 4.87. The van der Waals surface area contributed by atoms with Gasteiger partial charge in [-0.2, -0.15) is 4.98 Å². The molecule has 2 amide bonds. The molecular weight excluding hydrogens is 260 g/mol. The van der Waals surface area contributed by atoms with Crippen molar-refractivity contribution in [2.24, 2.45) is 5.92 Å². The number of carbonyl (C=O) groups excluding carboxylic acids is 2. The first-order chi connectivity index (χ1) is 9.60. The van der Waals surface area contributed by atoms with Crippen LogP contribution in [0.5, 0.6) is 0 Å². The maximum Gasteiger partial charge on any atom is 0.328 e. The maximum absolute atomic E-state index is 12.1. The zero-order valence-corrected chi connectivity index (χ0v) is 11.9. The van der Waals surface area contributed by atoms with Crippen molar-refractivity contribution in [3.63, 3.8) is 0 Å². The van der Waals surface area contributed by atoms with Gasteiger partial charge in [0.05, 0.1) is 5.92 Å². The molecule has 0 unspecified atom stereocenters. The fourth-order valence-corrected chi connectivity index (χ4v) is 2.34. The van der Waals surface area contributed by atoms with Crippen LogP contribution in [0.4, 0.5) is 6.01 Å². The summed E-state index contributed by atoms with van der Waals surface area (Å²) in [6, 6.07) is 0.115. The molecule has 1 saturated heterocycles. The van der Waals surface area contributed by atoms with Gasteiger partial charge in [-0.3, -0.25) is 14.9 Å². The Morgan fingerprint density at radius 2 is 2.30 bits per heavy atom. The van der Waals surface area contributed by atoms with Crippen LogP contribution in [0.25, 0.3) is 0 Å². The molecule has 0 radical (unpaired) electrons. The number of aromatic nitrogens is 2. The zero-order valence-electron chi connectivity index (χ0n) is 11.9. The lowest BCUT2D eigenvalue weighted by Gasteiger charge is -2.31. The molecule has 1 aromatic rings. The van der Waals surface area contributed by atoms with E-state index in [1.54, 1.807) is 11.8 Å². The van der Waals surface area contributed by atoms with Crippen molar-refractivity contribution in [2.45, 2.75) is 39.5 Å². The summed E-state index contributed by atoms with van der Waals surface area (Å²) in [4.78, 5) is 29.7. The smallest absolute Gasteiger partial charge is 0.328 e. The third-order valence-corrected chi connectivity index (χ3v) is 3.37. The molecule has 2 heterocycles. The minimum Gasteiger partial charge on any atom is -0.342 e. The molecule has 0 spiro atoms. The van der Waals surface area contributed by atoms with Crippen molar-refractivity contribution < 1.29 is 14.1 Å². The molecule has 1 aliphatic rings. The summed E-state index contributed by atoms with van der Waals surface area (Å²) in [6.45, 7) is 4.87. The molecule has 0 saturated carbocycles. The number of aryl methyl sites for hydroxylation is 1. The maximum atomic E-state index is 12.1. The van der Waals surface area contributed by atoms with Gasteiger partial charge in [0, 0.05) is 19.5 Å². The molecule has 0 bridgehead atoms. The van der Waals surface area contributed by atoms with Crippen molar-refractivity contribution in [2.75, 3.05) is 18.4 Å². The normalized spacial score (nSPS) is 18.9. The Morgan fingerprint density at radius 3 is 2.95 bits per heavy atom. The quantitative estimate of drug-likeness (QED) is 0.899. The Labute approximate surface area is 117 Å². The van der Waals surface area contributed by atoms with Crippen LogP contribution in [0.2, 0.25) is 0 Å². The fraction of sp³-hybridized carbons (Fsp3) is 0.692. The second-order valence-electron chi connectivity index (χ2n) is 5.06. The Morgan fingerprint density at radius 1 is 1.50 bits per heavy atom. The predicted molar refractivity (Wildman–Crippen MR) is 71.9 cm³/mol. The lowest BCUT2D eigenvalue weighted by atomic mass is 9.97. The largest absolute Gasteiger partial charge is 0.342 e. The molecule has 1 fully saturated rings. The Hall–Kier alpha value is -1.92. The zero-order chi connectivity index (χ0) is 14.5. The molecule has 1 atom stereocenters. The summed E-state index contributed by atoms with van der Waals surface area (Å²) in [5, 5.41) is 6.22. The monoisotopic (exact) mass is 280 g/mol. The van der Waals surface area contributed by atoms with E-state index in [2.05, 4.69) is 15.5 Å². The fourth-order valence-electron chi connectivity index (χ4n) is 2.34. The van der Waals surface area contributed by atoms with E-state index < -0.39 is 0 Å². The molecule has 1 aromatic heterocycles. The van der Waals surface area contributed by atoms with E-state index in [0.717, 1.165) is 25.8 Å².